The maximum absolute atomic E-state index is 12.7. The first-order chi connectivity index (χ1) is 8.07. The van der Waals surface area contributed by atoms with Gasteiger partial charge in [-0.05, 0) is 38.2 Å². The van der Waals surface area contributed by atoms with Crippen molar-refractivity contribution in [3.8, 4) is 0 Å². The van der Waals surface area contributed by atoms with E-state index in [1.165, 1.54) is 5.57 Å². The molecule has 0 saturated heterocycles. The van der Waals surface area contributed by atoms with Crippen LogP contribution in [0.3, 0.4) is 0 Å². The van der Waals surface area contributed by atoms with Gasteiger partial charge in [0.2, 0.25) is 5.78 Å². The van der Waals surface area contributed by atoms with E-state index in [4.69, 9.17) is 4.42 Å². The predicted octanol–water partition coefficient (Wildman–Crippen LogP) is 3.99. The molecule has 0 radical (unpaired) electrons. The normalized spacial score (nSPS) is 31.8. The third-order valence-corrected chi connectivity index (χ3v) is 4.75. The minimum absolute atomic E-state index is 0.214. The second-order valence-corrected chi connectivity index (χ2v) is 5.58. The van der Waals surface area contributed by atoms with E-state index in [9.17, 15) is 4.79 Å². The largest absolute Gasteiger partial charge is 0.460 e. The molecule has 0 amide bonds. The lowest BCUT2D eigenvalue weighted by atomic mass is 9.66. The lowest BCUT2D eigenvalue weighted by Crippen LogP contribution is -2.37. The average Bonchev–Trinajstić information content (AvgIpc) is 2.83. The number of rotatable bonds is 0. The minimum atomic E-state index is -0.267. The highest BCUT2D eigenvalue weighted by Gasteiger charge is 2.51. The Morgan fingerprint density at radius 1 is 1.41 bits per heavy atom. The van der Waals surface area contributed by atoms with E-state index in [1.807, 2.05) is 6.92 Å². The van der Waals surface area contributed by atoms with Gasteiger partial charge < -0.3 is 4.42 Å². The van der Waals surface area contributed by atoms with Crippen molar-refractivity contribution in [1.29, 1.82) is 0 Å². The van der Waals surface area contributed by atoms with Crippen molar-refractivity contribution in [3.63, 3.8) is 0 Å². The van der Waals surface area contributed by atoms with E-state index in [1.54, 1.807) is 6.26 Å². The van der Waals surface area contributed by atoms with Crippen molar-refractivity contribution in [2.75, 3.05) is 0 Å². The molecule has 1 saturated carbocycles. The molecule has 1 aromatic rings. The van der Waals surface area contributed by atoms with Crippen molar-refractivity contribution in [1.82, 2.24) is 0 Å². The molecule has 2 aliphatic rings. The number of fused-ring (bicyclic) bond motifs is 1. The molecular weight excluding hydrogens is 212 g/mol. The Balaban J connectivity index is 2.21. The number of allylic oxidation sites excluding steroid dienone is 1. The summed E-state index contributed by atoms with van der Waals surface area (Å²) in [6.45, 7) is 6.30. The van der Waals surface area contributed by atoms with Crippen LogP contribution >= 0.6 is 0 Å². The van der Waals surface area contributed by atoms with Crippen LogP contribution in [0.5, 0.6) is 0 Å². The van der Waals surface area contributed by atoms with E-state index in [0.717, 1.165) is 30.4 Å². The Morgan fingerprint density at radius 3 is 2.82 bits per heavy atom. The molecule has 0 N–H and O–H groups in total. The molecule has 2 nitrogen and oxygen atoms in total. The standard InChI is InChI=1S/C15H18O2/c1-9-8-17-13-12(9)7-11(3)15(14(13)16)6-4-5-10(15)2/h7-8,10H,4-6H2,1-3H3/t10-,15-/m0/s1. The Bertz CT molecular complexity index is 521. The molecule has 2 atom stereocenters. The van der Waals surface area contributed by atoms with E-state index in [0.29, 0.717) is 11.7 Å². The van der Waals surface area contributed by atoms with Gasteiger partial charge in [-0.2, -0.15) is 0 Å². The van der Waals surface area contributed by atoms with Gasteiger partial charge >= 0.3 is 0 Å². The fourth-order valence-electron chi connectivity index (χ4n) is 3.64. The molecule has 90 valence electrons. The maximum Gasteiger partial charge on any atom is 0.209 e. The van der Waals surface area contributed by atoms with Gasteiger partial charge in [-0.1, -0.05) is 25.0 Å². The second-order valence-electron chi connectivity index (χ2n) is 5.58. The molecule has 1 aromatic heterocycles. The fourth-order valence-corrected chi connectivity index (χ4v) is 3.64. The van der Waals surface area contributed by atoms with E-state index >= 15 is 0 Å². The molecule has 17 heavy (non-hydrogen) atoms. The van der Waals surface area contributed by atoms with Gasteiger partial charge in [0.05, 0.1) is 11.7 Å². The first-order valence-electron chi connectivity index (χ1n) is 6.39. The smallest absolute Gasteiger partial charge is 0.209 e. The van der Waals surface area contributed by atoms with Crippen LogP contribution in [0.15, 0.2) is 16.3 Å². The number of carbonyl (C=O) groups excluding carboxylic acids is 1. The van der Waals surface area contributed by atoms with Crippen LogP contribution < -0.4 is 0 Å². The Labute approximate surface area is 102 Å². The summed E-state index contributed by atoms with van der Waals surface area (Å²) >= 11 is 0. The van der Waals surface area contributed by atoms with Crippen molar-refractivity contribution >= 4 is 11.9 Å². The lowest BCUT2D eigenvalue weighted by Gasteiger charge is -2.35. The Hall–Kier alpha value is -1.31. The van der Waals surface area contributed by atoms with Gasteiger partial charge in [0.25, 0.3) is 0 Å². The summed E-state index contributed by atoms with van der Waals surface area (Å²) < 4.78 is 5.49. The van der Waals surface area contributed by atoms with Gasteiger partial charge in [0, 0.05) is 5.56 Å². The minimum Gasteiger partial charge on any atom is -0.460 e. The highest BCUT2D eigenvalue weighted by atomic mass is 16.3. The Morgan fingerprint density at radius 2 is 2.18 bits per heavy atom. The molecule has 0 aliphatic heterocycles. The van der Waals surface area contributed by atoms with Gasteiger partial charge in [-0.25, -0.2) is 0 Å². The number of carbonyl (C=O) groups is 1. The molecule has 2 heteroatoms. The van der Waals surface area contributed by atoms with Gasteiger partial charge in [-0.3, -0.25) is 4.79 Å². The monoisotopic (exact) mass is 230 g/mol. The third-order valence-electron chi connectivity index (χ3n) is 4.75. The molecule has 0 bridgehead atoms. The first-order valence-corrected chi connectivity index (χ1v) is 6.39. The molecule has 0 unspecified atom stereocenters. The zero-order valence-corrected chi connectivity index (χ0v) is 10.7. The van der Waals surface area contributed by atoms with Crippen molar-refractivity contribution in [2.45, 2.75) is 40.0 Å². The van der Waals surface area contributed by atoms with Crippen LogP contribution in [0, 0.1) is 18.3 Å². The Kier molecular flexibility index (Phi) is 2.13. The van der Waals surface area contributed by atoms with Crippen molar-refractivity contribution in [3.05, 3.63) is 28.7 Å². The summed E-state index contributed by atoms with van der Waals surface area (Å²) in [7, 11) is 0. The van der Waals surface area contributed by atoms with E-state index in [2.05, 4.69) is 19.9 Å². The summed E-state index contributed by atoms with van der Waals surface area (Å²) in [5.74, 6) is 1.23. The van der Waals surface area contributed by atoms with Crippen LogP contribution in [0.25, 0.3) is 6.08 Å². The number of hydrogen-bond acceptors (Lipinski definition) is 2. The molecule has 3 rings (SSSR count). The summed E-state index contributed by atoms with van der Waals surface area (Å²) in [5.41, 5.74) is 3.02. The van der Waals surface area contributed by atoms with Gasteiger partial charge in [0.1, 0.15) is 0 Å². The second kappa shape index (κ2) is 3.34. The van der Waals surface area contributed by atoms with E-state index in [-0.39, 0.29) is 11.2 Å². The zero-order chi connectivity index (χ0) is 12.2. The fraction of sp³-hybridized carbons (Fsp3) is 0.533. The summed E-state index contributed by atoms with van der Waals surface area (Å²) in [5, 5.41) is 0. The van der Waals surface area contributed by atoms with Crippen molar-refractivity contribution in [2.24, 2.45) is 11.3 Å². The quantitative estimate of drug-likeness (QED) is 0.674. The topological polar surface area (TPSA) is 30.2 Å². The van der Waals surface area contributed by atoms with Crippen LogP contribution in [0.4, 0.5) is 0 Å². The molecular formula is C15H18O2. The molecule has 1 spiro atoms. The van der Waals surface area contributed by atoms with Crippen LogP contribution in [-0.4, -0.2) is 5.78 Å². The number of Topliss-reactive ketones (excluding diaryl/α,β-unsaturated/α-hetero) is 1. The molecule has 1 heterocycles. The number of ketones is 1. The van der Waals surface area contributed by atoms with Gasteiger partial charge in [-0.15, -0.1) is 0 Å². The molecule has 2 aliphatic carbocycles. The first kappa shape index (κ1) is 10.8. The number of aryl methyl sites for hydroxylation is 1. The lowest BCUT2D eigenvalue weighted by molar-refractivity contribution is 0.0760. The highest BCUT2D eigenvalue weighted by Crippen LogP contribution is 2.53. The number of furan rings is 1. The van der Waals surface area contributed by atoms with Gasteiger partial charge in [0.15, 0.2) is 5.76 Å². The maximum atomic E-state index is 12.7. The summed E-state index contributed by atoms with van der Waals surface area (Å²) in [6.07, 6.45) is 7.13. The number of hydrogen-bond donors (Lipinski definition) is 0. The van der Waals surface area contributed by atoms with E-state index < -0.39 is 0 Å². The highest BCUT2D eigenvalue weighted by molar-refractivity contribution is 6.06. The predicted molar refractivity (Wildman–Crippen MR) is 66.9 cm³/mol. The molecule has 0 aromatic carbocycles. The SMILES string of the molecule is CC1=Cc2c(C)coc2C(=O)[C@]12CCC[C@@H]2C. The average molecular weight is 230 g/mol. The van der Waals surface area contributed by atoms with Crippen molar-refractivity contribution < 1.29 is 9.21 Å². The molecule has 1 fully saturated rings. The third kappa shape index (κ3) is 1.18. The van der Waals surface area contributed by atoms with Crippen LogP contribution in [0.2, 0.25) is 0 Å². The van der Waals surface area contributed by atoms with Crippen LogP contribution in [0.1, 0.15) is 54.8 Å². The zero-order valence-electron chi connectivity index (χ0n) is 10.7. The van der Waals surface area contributed by atoms with Crippen LogP contribution in [-0.2, 0) is 0 Å². The summed E-state index contributed by atoms with van der Waals surface area (Å²) in [6, 6.07) is 0. The summed E-state index contributed by atoms with van der Waals surface area (Å²) in [4.78, 5) is 12.7.